The average molecular weight is 345 g/mol. The van der Waals surface area contributed by atoms with Crippen molar-refractivity contribution in [1.82, 2.24) is 0 Å². The van der Waals surface area contributed by atoms with Crippen molar-refractivity contribution >= 4 is 22.4 Å². The SMILES string of the molecule is CCOc1ccccc1C[S@](=O)[C@@H](C)C(=O)N(C)c1ccccc1. The molecule has 0 saturated carbocycles. The number of para-hydroxylation sites is 2. The number of ether oxygens (including phenoxy) is 1. The smallest absolute Gasteiger partial charge is 0.242 e. The Hall–Kier alpha value is -2.14. The Bertz CT molecular complexity index is 703. The van der Waals surface area contributed by atoms with Crippen LogP contribution in [0.2, 0.25) is 0 Å². The topological polar surface area (TPSA) is 46.6 Å². The lowest BCUT2D eigenvalue weighted by Crippen LogP contribution is -2.37. The van der Waals surface area contributed by atoms with Crippen LogP contribution in [0.4, 0.5) is 5.69 Å². The van der Waals surface area contributed by atoms with Crippen LogP contribution in [0.5, 0.6) is 5.75 Å². The molecule has 0 fully saturated rings. The van der Waals surface area contributed by atoms with Gasteiger partial charge in [-0.25, -0.2) is 0 Å². The van der Waals surface area contributed by atoms with E-state index in [1.807, 2.05) is 61.5 Å². The van der Waals surface area contributed by atoms with Gasteiger partial charge in [0.15, 0.2) is 0 Å². The maximum Gasteiger partial charge on any atom is 0.242 e. The molecule has 0 aliphatic heterocycles. The van der Waals surface area contributed by atoms with Crippen molar-refractivity contribution in [2.45, 2.75) is 24.9 Å². The minimum Gasteiger partial charge on any atom is -0.494 e. The van der Waals surface area contributed by atoms with E-state index in [0.29, 0.717) is 12.4 Å². The molecular formula is C19H23NO3S. The van der Waals surface area contributed by atoms with Gasteiger partial charge >= 0.3 is 0 Å². The van der Waals surface area contributed by atoms with E-state index in [2.05, 4.69) is 0 Å². The lowest BCUT2D eigenvalue weighted by atomic mass is 10.2. The van der Waals surface area contributed by atoms with Gasteiger partial charge < -0.3 is 9.64 Å². The molecule has 0 saturated heterocycles. The summed E-state index contributed by atoms with van der Waals surface area (Å²) in [6.07, 6.45) is 0. The predicted octanol–water partition coefficient (Wildman–Crippen LogP) is 3.39. The molecule has 2 atom stereocenters. The van der Waals surface area contributed by atoms with Crippen molar-refractivity contribution in [3.63, 3.8) is 0 Å². The zero-order chi connectivity index (χ0) is 17.5. The Morgan fingerprint density at radius 1 is 1.12 bits per heavy atom. The first-order valence-electron chi connectivity index (χ1n) is 7.95. The van der Waals surface area contributed by atoms with Crippen LogP contribution in [-0.4, -0.2) is 29.0 Å². The van der Waals surface area contributed by atoms with Gasteiger partial charge in [0.1, 0.15) is 11.0 Å². The number of anilines is 1. The third kappa shape index (κ3) is 4.45. The molecule has 4 nitrogen and oxygen atoms in total. The lowest BCUT2D eigenvalue weighted by Gasteiger charge is -2.21. The summed E-state index contributed by atoms with van der Waals surface area (Å²) in [6, 6.07) is 16.9. The first kappa shape index (κ1) is 18.2. The van der Waals surface area contributed by atoms with Crippen molar-refractivity contribution in [3.05, 3.63) is 60.2 Å². The maximum absolute atomic E-state index is 12.7. The van der Waals surface area contributed by atoms with Crippen LogP contribution in [0.1, 0.15) is 19.4 Å². The van der Waals surface area contributed by atoms with E-state index >= 15 is 0 Å². The van der Waals surface area contributed by atoms with E-state index < -0.39 is 16.0 Å². The molecule has 0 spiro atoms. The van der Waals surface area contributed by atoms with Crippen LogP contribution >= 0.6 is 0 Å². The predicted molar refractivity (Wildman–Crippen MR) is 98.8 cm³/mol. The molecule has 0 aliphatic carbocycles. The molecule has 2 aromatic carbocycles. The van der Waals surface area contributed by atoms with Crippen LogP contribution in [-0.2, 0) is 21.3 Å². The summed E-state index contributed by atoms with van der Waals surface area (Å²) < 4.78 is 18.2. The minimum absolute atomic E-state index is 0.159. The highest BCUT2D eigenvalue weighted by molar-refractivity contribution is 7.85. The summed E-state index contributed by atoms with van der Waals surface area (Å²) in [5, 5.41) is -0.593. The van der Waals surface area contributed by atoms with Crippen LogP contribution in [0.3, 0.4) is 0 Å². The van der Waals surface area contributed by atoms with Crippen LogP contribution in [0, 0.1) is 0 Å². The van der Waals surface area contributed by atoms with Crippen molar-refractivity contribution < 1.29 is 13.7 Å². The average Bonchev–Trinajstić information content (AvgIpc) is 2.62. The Morgan fingerprint density at radius 3 is 2.42 bits per heavy atom. The van der Waals surface area contributed by atoms with Gasteiger partial charge in [-0.05, 0) is 32.0 Å². The lowest BCUT2D eigenvalue weighted by molar-refractivity contribution is -0.117. The number of benzene rings is 2. The highest BCUT2D eigenvalue weighted by atomic mass is 32.2. The van der Waals surface area contributed by atoms with E-state index in [-0.39, 0.29) is 5.91 Å². The van der Waals surface area contributed by atoms with E-state index in [1.165, 1.54) is 0 Å². The summed E-state index contributed by atoms with van der Waals surface area (Å²) in [6.45, 7) is 4.17. The van der Waals surface area contributed by atoms with Gasteiger partial charge in [0.25, 0.3) is 0 Å². The number of hydrogen-bond donors (Lipinski definition) is 0. The number of carbonyl (C=O) groups is 1. The summed E-state index contributed by atoms with van der Waals surface area (Å²) >= 11 is 0. The van der Waals surface area contributed by atoms with Crippen LogP contribution in [0.25, 0.3) is 0 Å². The summed E-state index contributed by atoms with van der Waals surface area (Å²) in [5.74, 6) is 0.865. The largest absolute Gasteiger partial charge is 0.494 e. The molecule has 0 aromatic heterocycles. The molecule has 128 valence electrons. The fraction of sp³-hybridized carbons (Fsp3) is 0.316. The molecule has 0 heterocycles. The molecule has 5 heteroatoms. The van der Waals surface area contributed by atoms with Gasteiger partial charge in [-0.3, -0.25) is 9.00 Å². The quantitative estimate of drug-likeness (QED) is 0.773. The molecule has 0 aliphatic rings. The Morgan fingerprint density at radius 2 is 1.75 bits per heavy atom. The van der Waals surface area contributed by atoms with Gasteiger partial charge in [-0.1, -0.05) is 36.4 Å². The summed E-state index contributed by atoms with van der Waals surface area (Å²) in [5.41, 5.74) is 1.65. The molecule has 2 rings (SSSR count). The number of hydrogen-bond acceptors (Lipinski definition) is 3. The van der Waals surface area contributed by atoms with Crippen molar-refractivity contribution in [3.8, 4) is 5.75 Å². The number of amides is 1. The second-order valence-corrected chi connectivity index (χ2v) is 7.20. The molecule has 24 heavy (non-hydrogen) atoms. The van der Waals surface area contributed by atoms with Crippen LogP contribution in [0.15, 0.2) is 54.6 Å². The molecule has 2 aromatic rings. The van der Waals surface area contributed by atoms with Crippen molar-refractivity contribution in [2.75, 3.05) is 18.6 Å². The van der Waals surface area contributed by atoms with Crippen molar-refractivity contribution in [1.29, 1.82) is 0 Å². The Labute approximate surface area is 145 Å². The Kier molecular flexibility index (Phi) is 6.55. The molecule has 0 bridgehead atoms. The third-order valence-electron chi connectivity index (χ3n) is 3.79. The van der Waals surface area contributed by atoms with Gasteiger partial charge in [-0.15, -0.1) is 0 Å². The van der Waals surface area contributed by atoms with E-state index in [0.717, 1.165) is 17.0 Å². The monoisotopic (exact) mass is 345 g/mol. The molecule has 0 unspecified atom stereocenters. The van der Waals surface area contributed by atoms with Gasteiger partial charge in [0, 0.05) is 29.1 Å². The number of rotatable bonds is 7. The highest BCUT2D eigenvalue weighted by Crippen LogP contribution is 2.22. The standard InChI is InChI=1S/C19H23NO3S/c1-4-23-18-13-9-8-10-16(18)14-24(22)15(2)19(21)20(3)17-11-6-5-7-12-17/h5-13,15H,4,14H2,1-3H3/t15-,24-/m0/s1. The normalized spacial score (nSPS) is 13.1. The van der Waals surface area contributed by atoms with Crippen molar-refractivity contribution in [2.24, 2.45) is 0 Å². The third-order valence-corrected chi connectivity index (χ3v) is 5.37. The zero-order valence-corrected chi connectivity index (χ0v) is 15.1. The van der Waals surface area contributed by atoms with Gasteiger partial charge in [-0.2, -0.15) is 0 Å². The summed E-state index contributed by atoms with van der Waals surface area (Å²) in [7, 11) is 0.383. The van der Waals surface area contributed by atoms with Gasteiger partial charge in [0.05, 0.1) is 12.4 Å². The first-order valence-corrected chi connectivity index (χ1v) is 9.33. The second kappa shape index (κ2) is 8.64. The fourth-order valence-corrected chi connectivity index (χ4v) is 3.54. The van der Waals surface area contributed by atoms with E-state index in [4.69, 9.17) is 4.74 Å². The molecular weight excluding hydrogens is 322 g/mol. The molecule has 0 N–H and O–H groups in total. The second-order valence-electron chi connectivity index (χ2n) is 5.44. The Balaban J connectivity index is 2.08. The minimum atomic E-state index is -1.33. The number of carbonyl (C=O) groups excluding carboxylic acids is 1. The van der Waals surface area contributed by atoms with E-state index in [9.17, 15) is 9.00 Å². The maximum atomic E-state index is 12.7. The number of nitrogens with zero attached hydrogens (tertiary/aromatic N) is 1. The van der Waals surface area contributed by atoms with Crippen LogP contribution < -0.4 is 9.64 Å². The summed E-state index contributed by atoms with van der Waals surface area (Å²) in [4.78, 5) is 14.1. The molecule has 0 radical (unpaired) electrons. The highest BCUT2D eigenvalue weighted by Gasteiger charge is 2.25. The fourth-order valence-electron chi connectivity index (χ4n) is 2.36. The van der Waals surface area contributed by atoms with E-state index in [1.54, 1.807) is 18.9 Å². The zero-order valence-electron chi connectivity index (χ0n) is 14.3. The first-order chi connectivity index (χ1) is 11.5. The van der Waals surface area contributed by atoms with Gasteiger partial charge in [0.2, 0.25) is 5.91 Å². The molecule has 1 amide bonds.